The summed E-state index contributed by atoms with van der Waals surface area (Å²) in [7, 11) is 2.21. The first-order valence-electron chi connectivity index (χ1n) is 8.89. The Labute approximate surface area is 148 Å². The Bertz CT molecular complexity index is 937. The number of nitrogens with zero attached hydrogens (tertiary/aromatic N) is 4. The van der Waals surface area contributed by atoms with Crippen LogP contribution in [-0.2, 0) is 12.8 Å². The topological polar surface area (TPSA) is 34.0 Å². The molecule has 25 heavy (non-hydrogen) atoms. The van der Waals surface area contributed by atoms with E-state index in [1.165, 1.54) is 27.7 Å². The second-order valence-corrected chi connectivity index (χ2v) is 7.02. The van der Waals surface area contributed by atoms with Crippen LogP contribution >= 0.6 is 0 Å². The number of rotatable bonds is 2. The lowest BCUT2D eigenvalue weighted by molar-refractivity contribution is 0.351. The standard InChI is InChI=1S/C21H24N4/c1-15-4-5-20-18(12-15)17-6-10-24(3)11-7-21(17)25(20)14-16(2)19-13-22-8-9-23-19/h4-5,8-9,12-14H,6-7,10-11H2,1-3H3/b16-14+. The maximum Gasteiger partial charge on any atom is 0.0856 e. The van der Waals surface area contributed by atoms with Crippen molar-refractivity contribution >= 4 is 22.7 Å². The molecule has 4 heteroatoms. The average Bonchev–Trinajstić information content (AvgIpc) is 2.76. The summed E-state index contributed by atoms with van der Waals surface area (Å²) in [5, 5.41) is 1.40. The van der Waals surface area contributed by atoms with E-state index in [4.69, 9.17) is 0 Å². The molecule has 1 aromatic carbocycles. The van der Waals surface area contributed by atoms with Crippen LogP contribution in [0.2, 0.25) is 0 Å². The quantitative estimate of drug-likeness (QED) is 0.716. The highest BCUT2D eigenvalue weighted by Crippen LogP contribution is 2.31. The van der Waals surface area contributed by atoms with E-state index in [0.29, 0.717) is 0 Å². The SMILES string of the molecule is C/C(=C\n1c2c(c3cc(C)ccc31)CCN(C)CC2)c1cnccn1. The van der Waals surface area contributed by atoms with Crippen LogP contribution in [0.5, 0.6) is 0 Å². The van der Waals surface area contributed by atoms with E-state index in [-0.39, 0.29) is 0 Å². The molecule has 0 N–H and O–H groups in total. The van der Waals surface area contributed by atoms with Crippen LogP contribution in [0.15, 0.2) is 36.8 Å². The van der Waals surface area contributed by atoms with Crippen LogP contribution in [0.4, 0.5) is 0 Å². The van der Waals surface area contributed by atoms with Gasteiger partial charge in [0.2, 0.25) is 0 Å². The van der Waals surface area contributed by atoms with E-state index in [1.807, 2.05) is 6.20 Å². The van der Waals surface area contributed by atoms with E-state index in [9.17, 15) is 0 Å². The lowest BCUT2D eigenvalue weighted by Crippen LogP contribution is -2.21. The van der Waals surface area contributed by atoms with Gasteiger partial charge < -0.3 is 9.47 Å². The fraction of sp³-hybridized carbons (Fsp3) is 0.333. The molecule has 0 bridgehead atoms. The summed E-state index contributed by atoms with van der Waals surface area (Å²) < 4.78 is 2.38. The molecular formula is C21H24N4. The third-order valence-corrected chi connectivity index (χ3v) is 5.14. The Hall–Kier alpha value is -2.46. The Kier molecular flexibility index (Phi) is 4.14. The van der Waals surface area contributed by atoms with Crippen molar-refractivity contribution in [3.05, 3.63) is 59.3 Å². The fourth-order valence-electron chi connectivity index (χ4n) is 3.72. The maximum absolute atomic E-state index is 4.44. The van der Waals surface area contributed by atoms with Gasteiger partial charge >= 0.3 is 0 Å². The van der Waals surface area contributed by atoms with E-state index in [0.717, 1.165) is 37.2 Å². The molecule has 0 fully saturated rings. The molecular weight excluding hydrogens is 308 g/mol. The number of aryl methyl sites for hydroxylation is 1. The zero-order valence-electron chi connectivity index (χ0n) is 15.2. The van der Waals surface area contributed by atoms with Crippen LogP contribution in [0.1, 0.15) is 29.4 Å². The van der Waals surface area contributed by atoms with Gasteiger partial charge in [-0.3, -0.25) is 9.97 Å². The Morgan fingerprint density at radius 3 is 2.80 bits per heavy atom. The van der Waals surface area contributed by atoms with Gasteiger partial charge in [0.15, 0.2) is 0 Å². The van der Waals surface area contributed by atoms with Gasteiger partial charge in [0.1, 0.15) is 0 Å². The van der Waals surface area contributed by atoms with E-state index in [1.54, 1.807) is 12.4 Å². The van der Waals surface area contributed by atoms with E-state index in [2.05, 4.69) is 64.7 Å². The molecule has 0 unspecified atom stereocenters. The molecule has 0 saturated carbocycles. The number of aromatic nitrogens is 3. The number of benzene rings is 1. The minimum atomic E-state index is 0.927. The van der Waals surface area contributed by atoms with Gasteiger partial charge in [0, 0.05) is 49.2 Å². The maximum atomic E-state index is 4.44. The Morgan fingerprint density at radius 2 is 2.00 bits per heavy atom. The van der Waals surface area contributed by atoms with Crippen molar-refractivity contribution in [3.63, 3.8) is 0 Å². The minimum Gasteiger partial charge on any atom is -0.320 e. The first kappa shape index (κ1) is 16.0. The number of likely N-dealkylation sites (N-methyl/N-ethyl adjacent to an activating group) is 1. The number of allylic oxidation sites excluding steroid dienone is 1. The molecule has 4 nitrogen and oxygen atoms in total. The molecule has 0 radical (unpaired) electrons. The predicted octanol–water partition coefficient (Wildman–Crippen LogP) is 3.79. The van der Waals surface area contributed by atoms with Gasteiger partial charge in [-0.2, -0.15) is 0 Å². The minimum absolute atomic E-state index is 0.927. The molecule has 128 valence electrons. The van der Waals surface area contributed by atoms with Crippen molar-refractivity contribution in [2.24, 2.45) is 0 Å². The Morgan fingerprint density at radius 1 is 1.16 bits per heavy atom. The van der Waals surface area contributed by atoms with Crippen molar-refractivity contribution in [1.29, 1.82) is 0 Å². The second-order valence-electron chi connectivity index (χ2n) is 7.02. The van der Waals surface area contributed by atoms with E-state index >= 15 is 0 Å². The molecule has 0 spiro atoms. The Balaban J connectivity index is 1.91. The van der Waals surface area contributed by atoms with Crippen LogP contribution < -0.4 is 0 Å². The van der Waals surface area contributed by atoms with Crippen molar-refractivity contribution in [2.75, 3.05) is 20.1 Å². The molecule has 0 atom stereocenters. The lowest BCUT2D eigenvalue weighted by atomic mass is 10.1. The summed E-state index contributed by atoms with van der Waals surface area (Å²) in [6.07, 6.45) is 9.70. The van der Waals surface area contributed by atoms with Crippen LogP contribution in [0, 0.1) is 6.92 Å². The van der Waals surface area contributed by atoms with Crippen molar-refractivity contribution in [3.8, 4) is 0 Å². The highest BCUT2D eigenvalue weighted by molar-refractivity contribution is 5.90. The number of hydrogen-bond acceptors (Lipinski definition) is 3. The van der Waals surface area contributed by atoms with Gasteiger partial charge in [0.05, 0.1) is 17.4 Å². The smallest absolute Gasteiger partial charge is 0.0856 e. The number of fused-ring (bicyclic) bond motifs is 3. The van der Waals surface area contributed by atoms with Crippen LogP contribution in [0.25, 0.3) is 22.7 Å². The van der Waals surface area contributed by atoms with Crippen molar-refractivity contribution in [2.45, 2.75) is 26.7 Å². The fourth-order valence-corrected chi connectivity index (χ4v) is 3.72. The molecule has 0 saturated heterocycles. The van der Waals surface area contributed by atoms with Crippen LogP contribution in [-0.4, -0.2) is 39.6 Å². The van der Waals surface area contributed by atoms with Crippen molar-refractivity contribution < 1.29 is 0 Å². The zero-order valence-corrected chi connectivity index (χ0v) is 15.2. The average molecular weight is 332 g/mol. The molecule has 3 heterocycles. The molecule has 1 aliphatic heterocycles. The monoisotopic (exact) mass is 332 g/mol. The summed E-state index contributed by atoms with van der Waals surface area (Å²) >= 11 is 0. The molecule has 3 aromatic rings. The summed E-state index contributed by atoms with van der Waals surface area (Å²) in [6.45, 7) is 6.50. The molecule has 4 rings (SSSR count). The second kappa shape index (κ2) is 6.45. The zero-order chi connectivity index (χ0) is 17.4. The van der Waals surface area contributed by atoms with Gasteiger partial charge in [0.25, 0.3) is 0 Å². The van der Waals surface area contributed by atoms with E-state index < -0.39 is 0 Å². The summed E-state index contributed by atoms with van der Waals surface area (Å²) in [4.78, 5) is 11.1. The van der Waals surface area contributed by atoms with Gasteiger partial charge in [-0.15, -0.1) is 0 Å². The van der Waals surface area contributed by atoms with Gasteiger partial charge in [-0.05, 0) is 50.6 Å². The molecule has 0 amide bonds. The molecule has 2 aromatic heterocycles. The molecule has 1 aliphatic rings. The summed E-state index contributed by atoms with van der Waals surface area (Å²) in [6, 6.07) is 6.79. The lowest BCUT2D eigenvalue weighted by Gasteiger charge is -2.13. The predicted molar refractivity (Wildman–Crippen MR) is 103 cm³/mol. The first-order valence-corrected chi connectivity index (χ1v) is 8.89. The largest absolute Gasteiger partial charge is 0.320 e. The van der Waals surface area contributed by atoms with Crippen LogP contribution in [0.3, 0.4) is 0 Å². The number of hydrogen-bond donors (Lipinski definition) is 0. The third-order valence-electron chi connectivity index (χ3n) is 5.14. The van der Waals surface area contributed by atoms with Crippen molar-refractivity contribution in [1.82, 2.24) is 19.4 Å². The highest BCUT2D eigenvalue weighted by Gasteiger charge is 2.20. The van der Waals surface area contributed by atoms with Gasteiger partial charge in [-0.25, -0.2) is 0 Å². The summed E-state index contributed by atoms with van der Waals surface area (Å²) in [5.74, 6) is 0. The summed E-state index contributed by atoms with van der Waals surface area (Å²) in [5.41, 5.74) is 7.62. The molecule has 0 aliphatic carbocycles. The van der Waals surface area contributed by atoms with Gasteiger partial charge in [-0.1, -0.05) is 11.6 Å². The highest BCUT2D eigenvalue weighted by atomic mass is 15.1. The first-order chi connectivity index (χ1) is 12.1. The third kappa shape index (κ3) is 2.98. The normalized spacial score (nSPS) is 16.0.